The van der Waals surface area contributed by atoms with Crippen molar-refractivity contribution in [3.05, 3.63) is 65.9 Å². The number of methoxy groups -OCH3 is 1. The fourth-order valence-electron chi connectivity index (χ4n) is 1.79. The monoisotopic (exact) mass is 311 g/mol. The number of halogens is 1. The van der Waals surface area contributed by atoms with Gasteiger partial charge in [0.15, 0.2) is 0 Å². The summed E-state index contributed by atoms with van der Waals surface area (Å²) < 4.78 is 6.23. The van der Waals surface area contributed by atoms with Gasteiger partial charge in [0.05, 0.1) is 18.6 Å². The Morgan fingerprint density at radius 3 is 2.76 bits per heavy atom. The summed E-state index contributed by atoms with van der Waals surface area (Å²) in [4.78, 5) is 35.2. The predicted molar refractivity (Wildman–Crippen MR) is 75.1 cm³/mol. The van der Waals surface area contributed by atoms with Gasteiger partial charge in [-0.2, -0.15) is 0 Å². The van der Waals surface area contributed by atoms with Crippen molar-refractivity contribution in [3.8, 4) is 5.75 Å². The van der Waals surface area contributed by atoms with Gasteiger partial charge in [-0.15, -0.1) is 0 Å². The van der Waals surface area contributed by atoms with Crippen LogP contribution in [0.1, 0.15) is 5.56 Å². The summed E-state index contributed by atoms with van der Waals surface area (Å²) in [7, 11) is 1.41. The number of nitro groups is 1. The Morgan fingerprint density at radius 1 is 1.43 bits per heavy atom. The van der Waals surface area contributed by atoms with Gasteiger partial charge in [-0.3, -0.25) is 24.5 Å². The molecule has 110 valence electrons. The molecule has 1 aromatic heterocycles. The number of nitrogens with one attached hydrogen (secondary N) is 1. The number of benzene rings is 1. The minimum Gasteiger partial charge on any atom is -0.496 e. The van der Waals surface area contributed by atoms with E-state index in [0.717, 1.165) is 4.57 Å². The summed E-state index contributed by atoms with van der Waals surface area (Å²) in [5.74, 6) is 0.384. The lowest BCUT2D eigenvalue weighted by Crippen LogP contribution is -2.30. The molecule has 0 fully saturated rings. The summed E-state index contributed by atoms with van der Waals surface area (Å²) in [5.41, 5.74) is -1.08. The average Bonchev–Trinajstić information content (AvgIpc) is 2.44. The van der Waals surface area contributed by atoms with E-state index in [2.05, 4.69) is 0 Å². The molecule has 0 amide bonds. The van der Waals surface area contributed by atoms with Crippen LogP contribution in [0.2, 0.25) is 5.02 Å². The van der Waals surface area contributed by atoms with E-state index in [4.69, 9.17) is 16.3 Å². The average molecular weight is 312 g/mol. The zero-order chi connectivity index (χ0) is 15.6. The third-order valence-corrected chi connectivity index (χ3v) is 3.05. The number of aromatic amines is 1. The fourth-order valence-corrected chi connectivity index (χ4v) is 1.95. The van der Waals surface area contributed by atoms with Gasteiger partial charge >= 0.3 is 5.69 Å². The molecule has 0 aliphatic carbocycles. The van der Waals surface area contributed by atoms with Gasteiger partial charge in [0, 0.05) is 23.9 Å². The van der Waals surface area contributed by atoms with Gasteiger partial charge in [-0.25, -0.2) is 4.79 Å². The minimum atomic E-state index is -0.691. The maximum Gasteiger partial charge on any atom is 0.328 e. The zero-order valence-corrected chi connectivity index (χ0v) is 11.6. The highest BCUT2D eigenvalue weighted by atomic mass is 35.5. The van der Waals surface area contributed by atoms with Gasteiger partial charge in [-0.05, 0) is 6.07 Å². The fraction of sp³-hybridized carbons (Fsp3) is 0.167. The topological polar surface area (TPSA) is 107 Å². The van der Waals surface area contributed by atoms with Crippen LogP contribution in [0.25, 0.3) is 0 Å². The van der Waals surface area contributed by atoms with Crippen LogP contribution >= 0.6 is 11.6 Å². The second kappa shape index (κ2) is 5.80. The molecule has 8 nitrogen and oxygen atoms in total. The van der Waals surface area contributed by atoms with Crippen molar-refractivity contribution in [1.82, 2.24) is 9.55 Å². The normalized spacial score (nSPS) is 10.4. The maximum atomic E-state index is 11.7. The van der Waals surface area contributed by atoms with Gasteiger partial charge in [0.1, 0.15) is 10.8 Å². The number of rotatable bonds is 4. The molecule has 2 aromatic rings. The number of nitrogens with zero attached hydrogens (tertiary/aromatic N) is 2. The smallest absolute Gasteiger partial charge is 0.328 e. The van der Waals surface area contributed by atoms with Crippen molar-refractivity contribution < 1.29 is 9.66 Å². The summed E-state index contributed by atoms with van der Waals surface area (Å²) in [5, 5.41) is 10.6. The molecule has 0 radical (unpaired) electrons. The van der Waals surface area contributed by atoms with Gasteiger partial charge in [0.25, 0.3) is 11.2 Å². The van der Waals surface area contributed by atoms with Crippen LogP contribution in [0.5, 0.6) is 5.75 Å². The Balaban J connectivity index is 2.50. The van der Waals surface area contributed by atoms with Crippen LogP contribution in [0.15, 0.2) is 34.0 Å². The van der Waals surface area contributed by atoms with Crippen molar-refractivity contribution >= 4 is 17.3 Å². The van der Waals surface area contributed by atoms with Crippen molar-refractivity contribution in [2.45, 2.75) is 6.54 Å². The molecule has 21 heavy (non-hydrogen) atoms. The van der Waals surface area contributed by atoms with Crippen LogP contribution in [0.4, 0.5) is 5.69 Å². The molecule has 1 aromatic carbocycles. The first-order valence-electron chi connectivity index (χ1n) is 5.73. The molecule has 0 bridgehead atoms. The van der Waals surface area contributed by atoms with E-state index < -0.39 is 16.2 Å². The van der Waals surface area contributed by atoms with E-state index >= 15 is 0 Å². The molecule has 2 rings (SSSR count). The molecule has 0 atom stereocenters. The number of hydrogen-bond acceptors (Lipinski definition) is 5. The van der Waals surface area contributed by atoms with Crippen LogP contribution in [0.3, 0.4) is 0 Å². The summed E-state index contributed by atoms with van der Waals surface area (Å²) in [6.45, 7) is -0.0276. The highest BCUT2D eigenvalue weighted by Crippen LogP contribution is 2.24. The second-order valence-corrected chi connectivity index (χ2v) is 4.52. The third-order valence-electron chi connectivity index (χ3n) is 2.78. The molecule has 0 spiro atoms. The molecule has 1 heterocycles. The second-order valence-electron chi connectivity index (χ2n) is 4.12. The summed E-state index contributed by atoms with van der Waals surface area (Å²) >= 11 is 5.66. The molecule has 0 unspecified atom stereocenters. The SMILES string of the molecule is COc1ccc([N+](=O)[O-])cc1Cn1cc(Cl)c(=O)[nH]c1=O. The largest absolute Gasteiger partial charge is 0.496 e. The molecule has 1 N–H and O–H groups in total. The molecular formula is C12H10ClN3O5. The molecule has 0 aliphatic rings. The number of ether oxygens (including phenoxy) is 1. The first kappa shape index (κ1) is 14.8. The van der Waals surface area contributed by atoms with E-state index in [0.29, 0.717) is 11.3 Å². The first-order chi connectivity index (χ1) is 9.92. The third kappa shape index (κ3) is 3.11. The van der Waals surface area contributed by atoms with Crippen LogP contribution in [-0.4, -0.2) is 21.6 Å². The van der Waals surface area contributed by atoms with Crippen LogP contribution in [0, 0.1) is 10.1 Å². The molecule has 0 saturated heterocycles. The van der Waals surface area contributed by atoms with E-state index in [1.807, 2.05) is 4.98 Å². The Hall–Kier alpha value is -2.61. The van der Waals surface area contributed by atoms with E-state index in [-0.39, 0.29) is 17.3 Å². The first-order valence-corrected chi connectivity index (χ1v) is 6.10. The Bertz CT molecular complexity index is 811. The summed E-state index contributed by atoms with van der Waals surface area (Å²) in [6, 6.07) is 4.03. The van der Waals surface area contributed by atoms with Crippen molar-refractivity contribution in [3.63, 3.8) is 0 Å². The van der Waals surface area contributed by atoms with E-state index in [9.17, 15) is 19.7 Å². The number of aromatic nitrogens is 2. The highest BCUT2D eigenvalue weighted by molar-refractivity contribution is 6.30. The molecular weight excluding hydrogens is 302 g/mol. The van der Waals surface area contributed by atoms with Crippen LogP contribution in [-0.2, 0) is 6.54 Å². The van der Waals surface area contributed by atoms with E-state index in [1.165, 1.54) is 31.5 Å². The lowest BCUT2D eigenvalue weighted by atomic mass is 10.1. The standard InChI is InChI=1S/C12H10ClN3O5/c1-21-10-3-2-8(16(19)20)4-7(10)5-15-6-9(13)11(17)14-12(15)18/h2-4,6H,5H2,1H3,(H,14,17,18). The van der Waals surface area contributed by atoms with Crippen molar-refractivity contribution in [1.29, 1.82) is 0 Å². The zero-order valence-electron chi connectivity index (χ0n) is 10.8. The maximum absolute atomic E-state index is 11.7. The minimum absolute atomic E-state index is 0.0276. The number of hydrogen-bond donors (Lipinski definition) is 1. The Kier molecular flexibility index (Phi) is 4.08. The Morgan fingerprint density at radius 2 is 2.14 bits per heavy atom. The van der Waals surface area contributed by atoms with Gasteiger partial charge < -0.3 is 4.74 Å². The molecule has 9 heteroatoms. The van der Waals surface area contributed by atoms with Crippen LogP contribution < -0.4 is 16.0 Å². The predicted octanol–water partition coefficient (Wildman–Crippen LogP) is 1.16. The lowest BCUT2D eigenvalue weighted by Gasteiger charge is -2.10. The molecule has 0 aliphatic heterocycles. The number of nitro benzene ring substituents is 1. The Labute approximate surface area is 122 Å². The molecule has 0 saturated carbocycles. The quantitative estimate of drug-likeness (QED) is 0.673. The number of non-ortho nitro benzene ring substituents is 1. The van der Waals surface area contributed by atoms with Gasteiger partial charge in [-0.1, -0.05) is 11.6 Å². The van der Waals surface area contributed by atoms with Crippen molar-refractivity contribution in [2.75, 3.05) is 7.11 Å². The van der Waals surface area contributed by atoms with Gasteiger partial charge in [0.2, 0.25) is 0 Å². The number of H-pyrrole nitrogens is 1. The van der Waals surface area contributed by atoms with E-state index in [1.54, 1.807) is 0 Å². The highest BCUT2D eigenvalue weighted by Gasteiger charge is 2.13. The summed E-state index contributed by atoms with van der Waals surface area (Å²) in [6.07, 6.45) is 1.17. The van der Waals surface area contributed by atoms with Crippen molar-refractivity contribution in [2.24, 2.45) is 0 Å². The lowest BCUT2D eigenvalue weighted by molar-refractivity contribution is -0.384.